The van der Waals surface area contributed by atoms with Gasteiger partial charge in [0.05, 0.1) is 31.3 Å². The van der Waals surface area contributed by atoms with Gasteiger partial charge in [-0.15, -0.1) is 6.42 Å². The fourth-order valence-electron chi connectivity index (χ4n) is 9.22. The molecule has 0 spiro atoms. The fourth-order valence-corrected chi connectivity index (χ4v) is 9.22. The largest absolute Gasteiger partial charge is 0.508 e. The lowest BCUT2D eigenvalue weighted by Crippen LogP contribution is -2.55. The van der Waals surface area contributed by atoms with E-state index in [4.69, 9.17) is 25.6 Å². The highest BCUT2D eigenvalue weighted by Gasteiger charge is 2.49. The number of hydrogen-bond donors (Lipinski definition) is 2. The van der Waals surface area contributed by atoms with Gasteiger partial charge in [-0.2, -0.15) is 9.97 Å². The quantitative estimate of drug-likeness (QED) is 0.204. The zero-order valence-electron chi connectivity index (χ0n) is 29.9. The second-order valence-electron chi connectivity index (χ2n) is 15.0. The molecule has 4 fully saturated rings. The molecule has 4 heterocycles. The number of fused-ring (bicyclic) bond motifs is 3. The van der Waals surface area contributed by atoms with Gasteiger partial charge in [-0.1, -0.05) is 18.4 Å². The Morgan fingerprint density at radius 1 is 1.13 bits per heavy atom. The van der Waals surface area contributed by atoms with Gasteiger partial charge >= 0.3 is 12.1 Å². The Hall–Kier alpha value is -4.80. The summed E-state index contributed by atoms with van der Waals surface area (Å²) in [6.45, 7) is 4.72. The standard InChI is InChI=1S/C40H44F2N6O5/c1-3-28-31(41)9-8-25-19-27(49)20-29(33(25)28)35-34(42)36-30(21-43-35)37(47-13-6-15-52-16-14-47)46-38(45-36)53-23-40-10-4-7-32(40)48(12-5-11-40)22-24-17-26(18-24)44-39(50)51-2/h1,8-9,19-21,24,26,32,49H,4-7,10-18,22-23H2,2H3,(H,44,50). The van der Waals surface area contributed by atoms with Crippen molar-refractivity contribution in [2.45, 2.75) is 63.5 Å². The van der Waals surface area contributed by atoms with Crippen molar-refractivity contribution in [1.82, 2.24) is 25.2 Å². The number of piperidine rings is 1. The number of rotatable bonds is 8. The molecule has 2 aliphatic carbocycles. The van der Waals surface area contributed by atoms with Crippen LogP contribution >= 0.6 is 0 Å². The molecule has 1 amide bonds. The first-order chi connectivity index (χ1) is 25.8. The van der Waals surface area contributed by atoms with E-state index in [1.807, 2.05) is 0 Å². The highest BCUT2D eigenvalue weighted by Crippen LogP contribution is 2.49. The number of aromatic nitrogens is 3. The minimum Gasteiger partial charge on any atom is -0.508 e. The summed E-state index contributed by atoms with van der Waals surface area (Å²) in [6, 6.07) is 6.12. The number of phenolic OH excluding ortho intramolecular Hbond substituents is 1. The SMILES string of the molecule is C#Cc1c(F)ccc2cc(O)cc(-c3ncc4c(N5CCCOCC5)nc(OCC56CCCC5N(CC5CC(NC(=O)OC)C5)CCC6)nc4c3F)c12. The zero-order chi connectivity index (χ0) is 36.7. The minimum absolute atomic E-state index is 0.0150. The van der Waals surface area contributed by atoms with E-state index in [-0.39, 0.29) is 57.0 Å². The number of methoxy groups -OCH3 is 1. The monoisotopic (exact) mass is 726 g/mol. The normalized spacial score (nSPS) is 24.6. The maximum Gasteiger partial charge on any atom is 0.407 e. The van der Waals surface area contributed by atoms with Gasteiger partial charge in [-0.25, -0.2) is 13.6 Å². The number of alkyl carbamates (subject to hydrolysis) is 1. The molecule has 13 heteroatoms. The van der Waals surface area contributed by atoms with Crippen molar-refractivity contribution < 1.29 is 32.9 Å². The van der Waals surface area contributed by atoms with Crippen molar-refractivity contribution in [3.8, 4) is 35.4 Å². The van der Waals surface area contributed by atoms with E-state index >= 15 is 4.39 Å². The first kappa shape index (κ1) is 35.2. The van der Waals surface area contributed by atoms with Crippen molar-refractivity contribution in [3.63, 3.8) is 0 Å². The Morgan fingerprint density at radius 3 is 2.81 bits per heavy atom. The highest BCUT2D eigenvalue weighted by molar-refractivity contribution is 6.03. The number of amides is 1. The van der Waals surface area contributed by atoms with Gasteiger partial charge < -0.3 is 29.5 Å². The highest BCUT2D eigenvalue weighted by atomic mass is 19.1. The first-order valence-electron chi connectivity index (χ1n) is 18.6. The first-order valence-corrected chi connectivity index (χ1v) is 18.6. The zero-order valence-corrected chi connectivity index (χ0v) is 29.9. The lowest BCUT2D eigenvalue weighted by Gasteiger charge is -2.49. The van der Waals surface area contributed by atoms with Crippen LogP contribution in [0.25, 0.3) is 32.9 Å². The molecule has 4 aromatic rings. The molecule has 278 valence electrons. The number of likely N-dealkylation sites (tertiary alicyclic amines) is 1. The number of pyridine rings is 1. The summed E-state index contributed by atoms with van der Waals surface area (Å²) in [4.78, 5) is 30.4. The van der Waals surface area contributed by atoms with Gasteiger partial charge in [0.2, 0.25) is 0 Å². The van der Waals surface area contributed by atoms with Crippen LogP contribution in [0.15, 0.2) is 30.5 Å². The molecule has 0 bridgehead atoms. The second-order valence-corrected chi connectivity index (χ2v) is 15.0. The Bertz CT molecular complexity index is 2080. The number of carbonyl (C=O) groups excluding carboxylic acids is 1. The summed E-state index contributed by atoms with van der Waals surface area (Å²) in [5.74, 6) is 1.90. The van der Waals surface area contributed by atoms with E-state index in [0.29, 0.717) is 61.5 Å². The number of aromatic hydroxyl groups is 1. The van der Waals surface area contributed by atoms with Crippen molar-refractivity contribution >= 4 is 33.6 Å². The smallest absolute Gasteiger partial charge is 0.407 e. The van der Waals surface area contributed by atoms with E-state index < -0.39 is 11.6 Å². The Morgan fingerprint density at radius 2 is 1.98 bits per heavy atom. The number of hydrogen-bond acceptors (Lipinski definition) is 10. The van der Waals surface area contributed by atoms with Gasteiger partial charge in [0.15, 0.2) is 5.82 Å². The number of terminal acetylenes is 1. The number of nitrogens with one attached hydrogen (secondary N) is 1. The lowest BCUT2D eigenvalue weighted by atomic mass is 9.74. The van der Waals surface area contributed by atoms with E-state index in [9.17, 15) is 14.3 Å². The molecule has 2 aromatic heterocycles. The topological polar surface area (TPSA) is 122 Å². The number of nitrogens with zero attached hydrogens (tertiary/aromatic N) is 5. The summed E-state index contributed by atoms with van der Waals surface area (Å²) in [5, 5.41) is 14.7. The molecule has 0 radical (unpaired) electrons. The van der Waals surface area contributed by atoms with Gasteiger partial charge in [0.1, 0.15) is 28.6 Å². The lowest BCUT2D eigenvalue weighted by molar-refractivity contribution is -0.0162. The summed E-state index contributed by atoms with van der Waals surface area (Å²) in [6.07, 6.45) is 14.8. The molecule has 8 rings (SSSR count). The third kappa shape index (κ3) is 6.67. The number of anilines is 1. The average molecular weight is 727 g/mol. The van der Waals surface area contributed by atoms with Crippen LogP contribution in [0.1, 0.15) is 56.9 Å². The number of phenols is 1. The maximum atomic E-state index is 17.0. The minimum atomic E-state index is -0.748. The Balaban J connectivity index is 1.12. The molecule has 4 aliphatic rings. The summed E-state index contributed by atoms with van der Waals surface area (Å²) in [5.41, 5.74) is -0.0726. The molecule has 2 aliphatic heterocycles. The number of carbonyl (C=O) groups is 1. The fraction of sp³-hybridized carbons (Fsp3) is 0.500. The van der Waals surface area contributed by atoms with Gasteiger partial charge in [-0.3, -0.25) is 9.88 Å². The van der Waals surface area contributed by atoms with Crippen LogP contribution in [0.5, 0.6) is 11.8 Å². The molecule has 2 unspecified atom stereocenters. The van der Waals surface area contributed by atoms with Crippen molar-refractivity contribution in [3.05, 3.63) is 47.7 Å². The summed E-state index contributed by atoms with van der Waals surface area (Å²) in [7, 11) is 1.39. The molecule has 53 heavy (non-hydrogen) atoms. The molecular weight excluding hydrogens is 682 g/mol. The number of ether oxygens (including phenoxy) is 3. The van der Waals surface area contributed by atoms with Crippen LogP contribution in [-0.4, -0.2) is 96.2 Å². The predicted molar refractivity (Wildman–Crippen MR) is 196 cm³/mol. The maximum absolute atomic E-state index is 17.0. The van der Waals surface area contributed by atoms with Gasteiger partial charge in [0.25, 0.3) is 0 Å². The average Bonchev–Trinajstić information content (AvgIpc) is 3.40. The molecule has 2 atom stereocenters. The van der Waals surface area contributed by atoms with Crippen LogP contribution in [-0.2, 0) is 9.47 Å². The van der Waals surface area contributed by atoms with Crippen LogP contribution < -0.4 is 15.0 Å². The predicted octanol–water partition coefficient (Wildman–Crippen LogP) is 6.18. The molecular formula is C40H44F2N6O5. The number of benzene rings is 2. The van der Waals surface area contributed by atoms with E-state index in [1.165, 1.54) is 37.6 Å². The van der Waals surface area contributed by atoms with Gasteiger partial charge in [0, 0.05) is 60.9 Å². The summed E-state index contributed by atoms with van der Waals surface area (Å²) < 4.78 is 49.0. The van der Waals surface area contributed by atoms with Crippen molar-refractivity contribution in [1.29, 1.82) is 0 Å². The van der Waals surface area contributed by atoms with Crippen LogP contribution in [0.2, 0.25) is 0 Å². The van der Waals surface area contributed by atoms with Crippen LogP contribution in [0, 0.1) is 35.3 Å². The Labute approximate surface area is 307 Å². The van der Waals surface area contributed by atoms with E-state index in [0.717, 1.165) is 64.5 Å². The third-order valence-corrected chi connectivity index (χ3v) is 11.8. The number of halogens is 2. The molecule has 2 N–H and O–H groups in total. The molecule has 2 saturated heterocycles. The third-order valence-electron chi connectivity index (χ3n) is 11.8. The second kappa shape index (κ2) is 14.6. The van der Waals surface area contributed by atoms with E-state index in [2.05, 4.69) is 31.0 Å². The van der Waals surface area contributed by atoms with Crippen molar-refractivity contribution in [2.75, 3.05) is 58.0 Å². The molecule has 2 saturated carbocycles. The summed E-state index contributed by atoms with van der Waals surface area (Å²) >= 11 is 0. The molecule has 2 aromatic carbocycles. The van der Waals surface area contributed by atoms with Crippen molar-refractivity contribution in [2.24, 2.45) is 11.3 Å². The molecule has 11 nitrogen and oxygen atoms in total. The van der Waals surface area contributed by atoms with Crippen LogP contribution in [0.4, 0.5) is 19.4 Å². The van der Waals surface area contributed by atoms with Gasteiger partial charge in [-0.05, 0) is 81.0 Å². The Kier molecular flexibility index (Phi) is 9.68. The van der Waals surface area contributed by atoms with Crippen LogP contribution in [0.3, 0.4) is 0 Å². The van der Waals surface area contributed by atoms with E-state index in [1.54, 1.807) is 0 Å².